The molecule has 2 aliphatic heterocycles. The smallest absolute Gasteiger partial charge is 0.414 e. The molecule has 2 aliphatic rings. The van der Waals surface area contributed by atoms with E-state index in [4.69, 9.17) is 9.47 Å². The number of carbonyl (C=O) groups excluding carboxylic acids is 1. The summed E-state index contributed by atoms with van der Waals surface area (Å²) in [6.45, 7) is 8.32. The Morgan fingerprint density at radius 3 is 2.67 bits per heavy atom. The van der Waals surface area contributed by atoms with Gasteiger partial charge in [0, 0.05) is 82.2 Å². The van der Waals surface area contributed by atoms with Crippen molar-refractivity contribution in [3.63, 3.8) is 0 Å². The van der Waals surface area contributed by atoms with Crippen LogP contribution in [-0.2, 0) is 17.8 Å². The van der Waals surface area contributed by atoms with E-state index in [1.165, 1.54) is 6.20 Å². The number of benzene rings is 1. The zero-order valence-corrected chi connectivity index (χ0v) is 18.9. The van der Waals surface area contributed by atoms with Crippen molar-refractivity contribution in [3.8, 4) is 6.01 Å². The van der Waals surface area contributed by atoms with Crippen LogP contribution in [0.5, 0.6) is 6.01 Å². The number of anilines is 1. The first-order valence-electron chi connectivity index (χ1n) is 11.2. The van der Waals surface area contributed by atoms with Crippen LogP contribution in [0.2, 0.25) is 0 Å². The number of imidazole rings is 1. The molecule has 1 aromatic heterocycles. The zero-order valence-electron chi connectivity index (χ0n) is 18.9. The van der Waals surface area contributed by atoms with Gasteiger partial charge in [-0.25, -0.2) is 0 Å². The number of rotatable bonds is 8. The highest BCUT2D eigenvalue weighted by atomic mass is 16.6. The highest BCUT2D eigenvalue weighted by Crippen LogP contribution is 2.24. The van der Waals surface area contributed by atoms with Gasteiger partial charge in [-0.3, -0.25) is 19.2 Å². The van der Waals surface area contributed by atoms with Crippen LogP contribution in [0, 0.1) is 10.1 Å². The van der Waals surface area contributed by atoms with Crippen molar-refractivity contribution in [1.29, 1.82) is 0 Å². The largest absolute Gasteiger partial charge is 0.444 e. The minimum Gasteiger partial charge on any atom is -0.444 e. The Morgan fingerprint density at radius 1 is 1.15 bits per heavy atom. The summed E-state index contributed by atoms with van der Waals surface area (Å²) < 4.78 is 12.5. The van der Waals surface area contributed by atoms with E-state index in [2.05, 4.69) is 25.8 Å². The van der Waals surface area contributed by atoms with Crippen LogP contribution in [0.15, 0.2) is 24.4 Å². The van der Waals surface area contributed by atoms with Gasteiger partial charge in [0.15, 0.2) is 6.29 Å². The number of nitro groups is 1. The summed E-state index contributed by atoms with van der Waals surface area (Å²) in [7, 11) is 1.72. The van der Waals surface area contributed by atoms with Gasteiger partial charge in [0.2, 0.25) is 0 Å². The lowest BCUT2D eigenvalue weighted by molar-refractivity contribution is -0.389. The maximum Gasteiger partial charge on any atom is 0.414 e. The van der Waals surface area contributed by atoms with E-state index in [0.29, 0.717) is 44.4 Å². The van der Waals surface area contributed by atoms with Crippen molar-refractivity contribution >= 4 is 17.8 Å². The summed E-state index contributed by atoms with van der Waals surface area (Å²) in [5.41, 5.74) is 2.80. The predicted octanol–water partition coefficient (Wildman–Crippen LogP) is 1.27. The lowest BCUT2D eigenvalue weighted by Gasteiger charge is -2.36. The van der Waals surface area contributed by atoms with Gasteiger partial charge in [0.1, 0.15) is 12.8 Å². The molecule has 0 radical (unpaired) electrons. The molecular formula is C22H30N6O5. The molecule has 0 aliphatic carbocycles. The van der Waals surface area contributed by atoms with Crippen molar-refractivity contribution in [2.75, 3.05) is 71.0 Å². The highest BCUT2D eigenvalue weighted by molar-refractivity contribution is 5.85. The van der Waals surface area contributed by atoms with Gasteiger partial charge in [0.05, 0.1) is 6.61 Å². The molecule has 1 saturated heterocycles. The standard InChI is InChI=1S/C22H30N6O5/c1-32-12-10-24-4-7-26(8-5-24)20-14-18(2-3-19(20)17-29)15-25-6-9-27-16-21(28(30)31)23-22(27)33-13-11-25/h2-3,14,16-17H,4-13,15H2,1H3. The average Bonchev–Trinajstić information content (AvgIpc) is 3.22. The first kappa shape index (κ1) is 23.1. The molecule has 4 rings (SSSR count). The third-order valence-electron chi connectivity index (χ3n) is 6.16. The summed E-state index contributed by atoms with van der Waals surface area (Å²) in [5.74, 6) is -0.199. The third kappa shape index (κ3) is 5.67. The van der Waals surface area contributed by atoms with E-state index in [0.717, 1.165) is 56.9 Å². The molecule has 0 unspecified atom stereocenters. The van der Waals surface area contributed by atoms with E-state index < -0.39 is 4.92 Å². The van der Waals surface area contributed by atoms with Crippen LogP contribution in [-0.4, -0.2) is 96.7 Å². The second-order valence-electron chi connectivity index (χ2n) is 8.29. The predicted molar refractivity (Wildman–Crippen MR) is 122 cm³/mol. The topological polar surface area (TPSA) is 106 Å². The van der Waals surface area contributed by atoms with E-state index in [1.54, 1.807) is 11.7 Å². The Labute approximate surface area is 192 Å². The quantitative estimate of drug-likeness (QED) is 0.328. The maximum atomic E-state index is 11.7. The summed E-state index contributed by atoms with van der Waals surface area (Å²) in [5, 5.41) is 11.0. The number of carbonyl (C=O) groups is 1. The van der Waals surface area contributed by atoms with E-state index >= 15 is 0 Å². The van der Waals surface area contributed by atoms with Crippen molar-refractivity contribution in [3.05, 3.63) is 45.6 Å². The van der Waals surface area contributed by atoms with Gasteiger partial charge in [-0.05, 0) is 22.6 Å². The van der Waals surface area contributed by atoms with Crippen LogP contribution < -0.4 is 9.64 Å². The molecule has 1 fully saturated rings. The first-order valence-corrected chi connectivity index (χ1v) is 11.2. The molecule has 1 aromatic carbocycles. The highest BCUT2D eigenvalue weighted by Gasteiger charge is 2.24. The molecule has 0 N–H and O–H groups in total. The van der Waals surface area contributed by atoms with Gasteiger partial charge in [-0.1, -0.05) is 6.07 Å². The number of aromatic nitrogens is 2. The Balaban J connectivity index is 1.41. The number of ether oxygens (including phenoxy) is 2. The monoisotopic (exact) mass is 458 g/mol. The second kappa shape index (κ2) is 10.7. The van der Waals surface area contributed by atoms with Crippen LogP contribution in [0.3, 0.4) is 0 Å². The van der Waals surface area contributed by atoms with E-state index in [1.807, 2.05) is 12.1 Å². The average molecular weight is 459 g/mol. The van der Waals surface area contributed by atoms with Crippen molar-refractivity contribution in [2.24, 2.45) is 0 Å². The molecule has 2 aromatic rings. The molecule has 0 spiro atoms. The van der Waals surface area contributed by atoms with Gasteiger partial charge < -0.3 is 24.5 Å². The molecular weight excluding hydrogens is 428 g/mol. The molecule has 11 nitrogen and oxygen atoms in total. The Hall–Kier alpha value is -3.02. The number of hydrogen-bond acceptors (Lipinski definition) is 9. The van der Waals surface area contributed by atoms with Crippen LogP contribution >= 0.6 is 0 Å². The zero-order chi connectivity index (χ0) is 23.2. The lowest BCUT2D eigenvalue weighted by atomic mass is 10.1. The fourth-order valence-corrected chi connectivity index (χ4v) is 4.29. The Morgan fingerprint density at radius 2 is 1.94 bits per heavy atom. The Bertz CT molecular complexity index is 972. The number of fused-ring (bicyclic) bond motifs is 1. The number of aldehydes is 1. The number of nitrogens with zero attached hydrogens (tertiary/aromatic N) is 6. The fraction of sp³-hybridized carbons (Fsp3) is 0.545. The summed E-state index contributed by atoms with van der Waals surface area (Å²) in [4.78, 5) is 33.0. The van der Waals surface area contributed by atoms with Crippen LogP contribution in [0.25, 0.3) is 0 Å². The SMILES string of the molecule is COCCN1CCN(c2cc(CN3CCOc4nc([N+](=O)[O-])cn4CC3)ccc2C=O)CC1. The molecule has 0 atom stereocenters. The van der Waals surface area contributed by atoms with Crippen LogP contribution in [0.4, 0.5) is 11.5 Å². The molecule has 0 amide bonds. The maximum absolute atomic E-state index is 11.7. The summed E-state index contributed by atoms with van der Waals surface area (Å²) >= 11 is 0. The number of hydrogen-bond donors (Lipinski definition) is 0. The van der Waals surface area contributed by atoms with Gasteiger partial charge in [0.25, 0.3) is 0 Å². The summed E-state index contributed by atoms with van der Waals surface area (Å²) in [6.07, 6.45) is 2.34. The van der Waals surface area contributed by atoms with Gasteiger partial charge >= 0.3 is 11.8 Å². The van der Waals surface area contributed by atoms with E-state index in [9.17, 15) is 14.9 Å². The second-order valence-corrected chi connectivity index (χ2v) is 8.29. The summed E-state index contributed by atoms with van der Waals surface area (Å²) in [6, 6.07) is 6.30. The molecule has 33 heavy (non-hydrogen) atoms. The fourth-order valence-electron chi connectivity index (χ4n) is 4.29. The minimum atomic E-state index is -0.507. The van der Waals surface area contributed by atoms with Gasteiger partial charge in [-0.15, -0.1) is 0 Å². The van der Waals surface area contributed by atoms with Crippen molar-refractivity contribution in [2.45, 2.75) is 13.1 Å². The molecule has 3 heterocycles. The van der Waals surface area contributed by atoms with E-state index in [-0.39, 0.29) is 5.82 Å². The molecule has 178 valence electrons. The first-order chi connectivity index (χ1) is 16.1. The van der Waals surface area contributed by atoms with Crippen LogP contribution in [0.1, 0.15) is 15.9 Å². The molecule has 0 bridgehead atoms. The minimum absolute atomic E-state index is 0.199. The Kier molecular flexibility index (Phi) is 7.53. The van der Waals surface area contributed by atoms with Crippen molar-refractivity contribution in [1.82, 2.24) is 19.4 Å². The molecule has 0 saturated carbocycles. The van der Waals surface area contributed by atoms with Crippen molar-refractivity contribution < 1.29 is 19.2 Å². The normalized spacial score (nSPS) is 17.7. The lowest BCUT2D eigenvalue weighted by Crippen LogP contribution is -2.47. The third-order valence-corrected chi connectivity index (χ3v) is 6.16. The number of methoxy groups -OCH3 is 1. The molecule has 11 heteroatoms. The van der Waals surface area contributed by atoms with Gasteiger partial charge in [-0.2, -0.15) is 0 Å². The number of piperazine rings is 1.